The standard InChI is InChI=1S/C14H13N3O3S/c1-19-11-6-8(7-18)2-3-10(11)20-12-9-4-5-21-13(9)17-14(15)16-12/h2-6,18H,7H2,1H3,(H2,15,16,17). The number of thiophene rings is 1. The maximum Gasteiger partial charge on any atom is 0.233 e. The molecule has 108 valence electrons. The summed E-state index contributed by atoms with van der Waals surface area (Å²) in [4.78, 5) is 9.05. The molecule has 2 heterocycles. The molecule has 3 N–H and O–H groups in total. The summed E-state index contributed by atoms with van der Waals surface area (Å²) in [6.07, 6.45) is 0. The number of aliphatic hydroxyl groups excluding tert-OH is 1. The molecule has 0 atom stereocenters. The van der Waals surface area contributed by atoms with Crippen molar-refractivity contribution >= 4 is 27.5 Å². The molecular weight excluding hydrogens is 290 g/mol. The van der Waals surface area contributed by atoms with E-state index >= 15 is 0 Å². The van der Waals surface area contributed by atoms with E-state index in [4.69, 9.17) is 20.3 Å². The molecule has 0 aliphatic carbocycles. The van der Waals surface area contributed by atoms with E-state index in [9.17, 15) is 0 Å². The van der Waals surface area contributed by atoms with Crippen LogP contribution in [-0.4, -0.2) is 22.2 Å². The van der Waals surface area contributed by atoms with Crippen molar-refractivity contribution in [1.29, 1.82) is 0 Å². The first-order valence-corrected chi connectivity index (χ1v) is 7.05. The van der Waals surface area contributed by atoms with Crippen molar-refractivity contribution in [1.82, 2.24) is 9.97 Å². The minimum Gasteiger partial charge on any atom is -0.493 e. The van der Waals surface area contributed by atoms with Crippen molar-refractivity contribution in [3.63, 3.8) is 0 Å². The number of nitrogen functional groups attached to an aromatic ring is 1. The third-order valence-electron chi connectivity index (χ3n) is 2.92. The highest BCUT2D eigenvalue weighted by atomic mass is 32.1. The number of aromatic nitrogens is 2. The lowest BCUT2D eigenvalue weighted by molar-refractivity contribution is 0.280. The van der Waals surface area contributed by atoms with Crippen molar-refractivity contribution in [2.75, 3.05) is 12.8 Å². The number of nitrogens with zero attached hydrogens (tertiary/aromatic N) is 2. The van der Waals surface area contributed by atoms with Gasteiger partial charge in [-0.15, -0.1) is 11.3 Å². The molecule has 0 amide bonds. The van der Waals surface area contributed by atoms with E-state index in [0.717, 1.165) is 15.8 Å². The molecule has 2 aromatic heterocycles. The second-order valence-corrected chi connectivity index (χ2v) is 5.17. The van der Waals surface area contributed by atoms with Crippen molar-refractivity contribution in [3.05, 3.63) is 35.2 Å². The Morgan fingerprint density at radius 1 is 1.24 bits per heavy atom. The van der Waals surface area contributed by atoms with Gasteiger partial charge in [0.05, 0.1) is 19.1 Å². The minimum atomic E-state index is -0.0636. The number of benzene rings is 1. The third-order valence-corrected chi connectivity index (χ3v) is 3.73. The molecule has 0 fully saturated rings. The number of methoxy groups -OCH3 is 1. The lowest BCUT2D eigenvalue weighted by Gasteiger charge is -2.11. The summed E-state index contributed by atoms with van der Waals surface area (Å²) in [5, 5.41) is 11.9. The largest absolute Gasteiger partial charge is 0.493 e. The summed E-state index contributed by atoms with van der Waals surface area (Å²) in [6.45, 7) is -0.0636. The van der Waals surface area contributed by atoms with E-state index in [1.807, 2.05) is 11.4 Å². The fourth-order valence-electron chi connectivity index (χ4n) is 1.92. The average molecular weight is 303 g/mol. The molecular formula is C14H13N3O3S. The van der Waals surface area contributed by atoms with Gasteiger partial charge >= 0.3 is 0 Å². The first kappa shape index (κ1) is 13.6. The summed E-state index contributed by atoms with van der Waals surface area (Å²) in [6, 6.07) is 7.07. The van der Waals surface area contributed by atoms with Gasteiger partial charge in [0, 0.05) is 0 Å². The maximum atomic E-state index is 9.16. The van der Waals surface area contributed by atoms with Gasteiger partial charge in [-0.2, -0.15) is 4.98 Å². The highest BCUT2D eigenvalue weighted by Gasteiger charge is 2.13. The van der Waals surface area contributed by atoms with E-state index < -0.39 is 0 Å². The quantitative estimate of drug-likeness (QED) is 0.770. The molecule has 0 aliphatic heterocycles. The second-order valence-electron chi connectivity index (χ2n) is 4.27. The first-order chi connectivity index (χ1) is 10.2. The first-order valence-electron chi connectivity index (χ1n) is 6.17. The number of aliphatic hydroxyl groups is 1. The fraction of sp³-hybridized carbons (Fsp3) is 0.143. The third kappa shape index (κ3) is 2.61. The van der Waals surface area contributed by atoms with Gasteiger partial charge in [0.2, 0.25) is 11.8 Å². The van der Waals surface area contributed by atoms with Crippen molar-refractivity contribution in [2.24, 2.45) is 0 Å². The Bertz CT molecular complexity index is 788. The molecule has 0 bridgehead atoms. The van der Waals surface area contributed by atoms with Crippen LogP contribution in [0.5, 0.6) is 17.4 Å². The van der Waals surface area contributed by atoms with Crippen LogP contribution in [0.2, 0.25) is 0 Å². The van der Waals surface area contributed by atoms with Gasteiger partial charge in [0.1, 0.15) is 4.83 Å². The Hall–Kier alpha value is -2.38. The van der Waals surface area contributed by atoms with Crippen LogP contribution in [0.25, 0.3) is 10.2 Å². The van der Waals surface area contributed by atoms with Crippen LogP contribution in [0.1, 0.15) is 5.56 Å². The van der Waals surface area contributed by atoms with E-state index in [1.165, 1.54) is 18.4 Å². The Labute approximate surface area is 124 Å². The summed E-state index contributed by atoms with van der Waals surface area (Å²) in [7, 11) is 1.54. The Morgan fingerprint density at radius 2 is 2.10 bits per heavy atom. The average Bonchev–Trinajstić information content (AvgIpc) is 2.96. The van der Waals surface area contributed by atoms with Crippen molar-refractivity contribution in [3.8, 4) is 17.4 Å². The predicted molar refractivity (Wildman–Crippen MR) is 80.8 cm³/mol. The van der Waals surface area contributed by atoms with Crippen LogP contribution < -0.4 is 15.2 Å². The molecule has 0 saturated carbocycles. The van der Waals surface area contributed by atoms with Gasteiger partial charge in [-0.05, 0) is 29.1 Å². The summed E-state index contributed by atoms with van der Waals surface area (Å²) >= 11 is 1.47. The monoisotopic (exact) mass is 303 g/mol. The van der Waals surface area contributed by atoms with Gasteiger partial charge in [-0.1, -0.05) is 6.07 Å². The second kappa shape index (κ2) is 5.55. The Morgan fingerprint density at radius 3 is 2.86 bits per heavy atom. The topological polar surface area (TPSA) is 90.5 Å². The maximum absolute atomic E-state index is 9.16. The predicted octanol–water partition coefficient (Wildman–Crippen LogP) is 2.57. The normalized spacial score (nSPS) is 10.8. The SMILES string of the molecule is COc1cc(CO)ccc1Oc1nc(N)nc2sccc12. The Kier molecular flexibility index (Phi) is 3.59. The van der Waals surface area contributed by atoms with Gasteiger partial charge in [0.25, 0.3) is 0 Å². The molecule has 0 unspecified atom stereocenters. The molecule has 6 nitrogen and oxygen atoms in total. The van der Waals surface area contributed by atoms with E-state index in [-0.39, 0.29) is 12.6 Å². The van der Waals surface area contributed by atoms with Crippen molar-refractivity contribution < 1.29 is 14.6 Å². The van der Waals surface area contributed by atoms with Crippen LogP contribution in [0, 0.1) is 0 Å². The number of hydrogen-bond acceptors (Lipinski definition) is 7. The number of anilines is 1. The zero-order valence-electron chi connectivity index (χ0n) is 11.2. The number of nitrogens with two attached hydrogens (primary N) is 1. The summed E-state index contributed by atoms with van der Waals surface area (Å²) < 4.78 is 11.1. The summed E-state index contributed by atoms with van der Waals surface area (Å²) in [5.74, 6) is 1.56. The van der Waals surface area contributed by atoms with E-state index in [0.29, 0.717) is 17.4 Å². The fourth-order valence-corrected chi connectivity index (χ4v) is 2.68. The number of hydrogen-bond donors (Lipinski definition) is 2. The van der Waals surface area contributed by atoms with Crippen molar-refractivity contribution in [2.45, 2.75) is 6.61 Å². The molecule has 0 aliphatic rings. The molecule has 3 rings (SSSR count). The van der Waals surface area contributed by atoms with Gasteiger partial charge < -0.3 is 20.3 Å². The van der Waals surface area contributed by atoms with Crippen LogP contribution in [0.3, 0.4) is 0 Å². The highest BCUT2D eigenvalue weighted by Crippen LogP contribution is 2.35. The minimum absolute atomic E-state index is 0.0636. The summed E-state index contributed by atoms with van der Waals surface area (Å²) in [5.41, 5.74) is 6.43. The van der Waals surface area contributed by atoms with Gasteiger partial charge in [0.15, 0.2) is 11.5 Å². The van der Waals surface area contributed by atoms with Crippen LogP contribution in [-0.2, 0) is 6.61 Å². The molecule has 7 heteroatoms. The van der Waals surface area contributed by atoms with Crippen LogP contribution in [0.15, 0.2) is 29.6 Å². The molecule has 0 saturated heterocycles. The van der Waals surface area contributed by atoms with E-state index in [2.05, 4.69) is 9.97 Å². The zero-order chi connectivity index (χ0) is 14.8. The van der Waals surface area contributed by atoms with Gasteiger partial charge in [-0.3, -0.25) is 0 Å². The number of fused-ring (bicyclic) bond motifs is 1. The van der Waals surface area contributed by atoms with Crippen LogP contribution in [0.4, 0.5) is 5.95 Å². The lowest BCUT2D eigenvalue weighted by Crippen LogP contribution is -1.98. The molecule has 1 aromatic carbocycles. The Balaban J connectivity index is 2.04. The molecule has 21 heavy (non-hydrogen) atoms. The van der Waals surface area contributed by atoms with Crippen LogP contribution >= 0.6 is 11.3 Å². The number of ether oxygens (including phenoxy) is 2. The van der Waals surface area contributed by atoms with Gasteiger partial charge in [-0.25, -0.2) is 4.98 Å². The molecule has 0 spiro atoms. The molecule has 3 aromatic rings. The highest BCUT2D eigenvalue weighted by molar-refractivity contribution is 7.16. The smallest absolute Gasteiger partial charge is 0.233 e. The van der Waals surface area contributed by atoms with E-state index in [1.54, 1.807) is 18.2 Å². The molecule has 0 radical (unpaired) electrons. The zero-order valence-corrected chi connectivity index (χ0v) is 12.1. The number of rotatable bonds is 4. The lowest BCUT2D eigenvalue weighted by atomic mass is 10.2.